The third-order valence-corrected chi connectivity index (χ3v) is 0. The predicted molar refractivity (Wildman–Crippen MR) is 38.7 cm³/mol. The first kappa shape index (κ1) is 16.7. The fraction of sp³-hybridized carbons (Fsp3) is 1.00. The molecule has 0 saturated heterocycles. The minimum atomic E-state index is -4.67. The zero-order valence-corrected chi connectivity index (χ0v) is 8.03. The molecule has 0 rings (SSSR count). The molecule has 2 N–H and O–H groups in total. The van der Waals surface area contributed by atoms with E-state index in [1.165, 1.54) is 0 Å². The van der Waals surface area contributed by atoms with E-state index in [1.54, 1.807) is 0 Å². The molecule has 0 aliphatic heterocycles. The van der Waals surface area contributed by atoms with Crippen molar-refractivity contribution in [3.8, 4) is 0 Å². The van der Waals surface area contributed by atoms with E-state index in [4.69, 9.17) is 40.7 Å². The average molecular weight is 209 g/mol. The minimum Gasteiger partial charge on any atom is -1.00 e. The van der Waals surface area contributed by atoms with Crippen LogP contribution < -0.4 is 0 Å². The summed E-state index contributed by atoms with van der Waals surface area (Å²) in [5, 5.41) is 0.194. The van der Waals surface area contributed by atoms with Gasteiger partial charge in [0.1, 0.15) is 0 Å². The molecule has 0 aliphatic rings. The second kappa shape index (κ2) is 9.22. The Bertz CT molecular complexity index is 120. The molecule has 4 nitrogen and oxygen atoms in total. The zero-order chi connectivity index (χ0) is 7.21. The topological polar surface area (TPSA) is 74.6 Å². The number of hydrogen-bond donors (Lipinski definition) is 2. The van der Waals surface area contributed by atoms with E-state index in [0.717, 1.165) is 0 Å². The maximum absolute atomic E-state index is 8.74. The van der Waals surface area contributed by atoms with Crippen molar-refractivity contribution in [1.29, 1.82) is 0 Å². The van der Waals surface area contributed by atoms with Crippen molar-refractivity contribution in [1.82, 2.24) is 0 Å². The van der Waals surface area contributed by atoms with Crippen LogP contribution in [0, 0.1) is 0 Å². The van der Waals surface area contributed by atoms with Gasteiger partial charge in [-0.2, -0.15) is 8.42 Å². The molecule has 0 unspecified atom stereocenters. The van der Waals surface area contributed by atoms with E-state index in [9.17, 15) is 0 Å². The molecule has 0 spiro atoms. The van der Waals surface area contributed by atoms with Gasteiger partial charge in [0.05, 0.1) is 5.34 Å². The minimum absolute atomic E-state index is 0. The molecule has 56 valence electrons. The first-order valence-electron chi connectivity index (χ1n) is 1.23. The quantitative estimate of drug-likeness (QED) is 0.348. The van der Waals surface area contributed by atoms with Gasteiger partial charge in [-0.05, 0) is 0 Å². The fourth-order valence-corrected chi connectivity index (χ4v) is 0. The smallest absolute Gasteiger partial charge is 1.00 e. The summed E-state index contributed by atoms with van der Waals surface area (Å²) >= 11 is 9.53. The van der Waals surface area contributed by atoms with Crippen molar-refractivity contribution in [3.05, 3.63) is 0 Å². The molecule has 0 bridgehead atoms. The van der Waals surface area contributed by atoms with Crippen molar-refractivity contribution in [3.63, 3.8) is 0 Å². The van der Waals surface area contributed by atoms with Crippen molar-refractivity contribution >= 4 is 56.7 Å². The van der Waals surface area contributed by atoms with Crippen LogP contribution in [0.3, 0.4) is 0 Å². The van der Waals surface area contributed by atoms with Crippen LogP contribution >= 0.6 is 23.2 Å². The van der Waals surface area contributed by atoms with Crippen LogP contribution in [0.25, 0.3) is 0 Å². The Morgan fingerprint density at radius 1 is 1.33 bits per heavy atom. The first-order chi connectivity index (χ1) is 3.41. The zero-order valence-electron chi connectivity index (χ0n) is 6.29. The van der Waals surface area contributed by atoms with Crippen LogP contribution in [0.2, 0.25) is 0 Å². The molecule has 0 radical (unpaired) electrons. The monoisotopic (exact) mass is 208 g/mol. The van der Waals surface area contributed by atoms with Crippen LogP contribution in [0.15, 0.2) is 0 Å². The van der Waals surface area contributed by atoms with Gasteiger partial charge in [0.15, 0.2) is 0 Å². The van der Waals surface area contributed by atoms with Crippen LogP contribution in [0.4, 0.5) is 0 Å². The summed E-state index contributed by atoms with van der Waals surface area (Å²) in [6.07, 6.45) is 0. The summed E-state index contributed by atoms with van der Waals surface area (Å²) in [5.41, 5.74) is 0. The van der Waals surface area contributed by atoms with Gasteiger partial charge in [0.25, 0.3) is 0 Å². The van der Waals surface area contributed by atoms with E-state index in [-0.39, 0.29) is 31.2 Å². The number of hydrogen-bond acceptors (Lipinski definition) is 2. The van der Waals surface area contributed by atoms with Gasteiger partial charge in [-0.25, -0.2) is 0 Å². The van der Waals surface area contributed by atoms with E-state index in [1.807, 2.05) is 0 Å². The molecule has 0 aliphatic carbocycles. The Balaban J connectivity index is -0.0000000183. The normalized spacial score (nSPS) is 8.44. The maximum Gasteiger partial charge on any atom is 2.00 e. The van der Waals surface area contributed by atoms with E-state index in [2.05, 4.69) is 0 Å². The van der Waals surface area contributed by atoms with E-state index in [0.29, 0.717) is 0 Å². The molecule has 0 aromatic heterocycles. The fourth-order valence-electron chi connectivity index (χ4n) is 0. The Kier molecular flexibility index (Phi) is 17.1. The van der Waals surface area contributed by atoms with E-state index < -0.39 is 10.4 Å². The molecular weight excluding hydrogens is 203 g/mol. The molecule has 0 amide bonds. The molecule has 0 fully saturated rings. The second-order valence-corrected chi connectivity index (χ2v) is 2.25. The third kappa shape index (κ3) is 324. The molecule has 8 heteroatoms. The van der Waals surface area contributed by atoms with Crippen LogP contribution in [-0.4, -0.2) is 45.9 Å². The summed E-state index contributed by atoms with van der Waals surface area (Å²) in [6, 6.07) is 0. The largest absolute Gasteiger partial charge is 2.00 e. The Morgan fingerprint density at radius 3 is 1.33 bits per heavy atom. The molecular formula is CH6Cl2MgO4S. The third-order valence-electron chi connectivity index (χ3n) is 0. The van der Waals surface area contributed by atoms with Crippen molar-refractivity contribution in [2.75, 3.05) is 5.34 Å². The number of alkyl halides is 2. The van der Waals surface area contributed by atoms with Gasteiger partial charge in [-0.3, -0.25) is 9.11 Å². The van der Waals surface area contributed by atoms with Gasteiger partial charge in [0, 0.05) is 0 Å². The Labute approximate surface area is 82.2 Å². The van der Waals surface area contributed by atoms with Gasteiger partial charge >= 0.3 is 33.5 Å². The number of rotatable bonds is 0. The summed E-state index contributed by atoms with van der Waals surface area (Å²) in [6.45, 7) is 0. The standard InChI is InChI=1S/CH2Cl2.Mg.H2O4S.2H/c2-1-3;;1-5(2,3)4;;/h1H2;;(H2,1,2,3,4);;/q;+2;;2*-1. The number of halogens is 2. The SMILES string of the molecule is ClCCl.O=S(=O)(O)O.[H-].[H-].[Mg+2]. The van der Waals surface area contributed by atoms with Crippen LogP contribution in [0.1, 0.15) is 2.85 Å². The van der Waals surface area contributed by atoms with Crippen LogP contribution in [-0.2, 0) is 10.4 Å². The maximum atomic E-state index is 8.74. The van der Waals surface area contributed by atoms with Crippen molar-refractivity contribution in [2.45, 2.75) is 0 Å². The summed E-state index contributed by atoms with van der Waals surface area (Å²) < 4.78 is 31.6. The predicted octanol–water partition coefficient (Wildman–Crippen LogP) is 0.613. The molecule has 0 aromatic rings. The van der Waals surface area contributed by atoms with Crippen molar-refractivity contribution < 1.29 is 20.4 Å². The summed E-state index contributed by atoms with van der Waals surface area (Å²) in [5.74, 6) is 0. The Hall–Kier alpha value is 1.22. The van der Waals surface area contributed by atoms with Gasteiger partial charge in [0.2, 0.25) is 0 Å². The van der Waals surface area contributed by atoms with Crippen molar-refractivity contribution in [2.24, 2.45) is 0 Å². The molecule has 0 heterocycles. The van der Waals surface area contributed by atoms with Crippen LogP contribution in [0.5, 0.6) is 0 Å². The second-order valence-electron chi connectivity index (χ2n) is 0.549. The van der Waals surface area contributed by atoms with Gasteiger partial charge in [-0.1, -0.05) is 0 Å². The first-order valence-corrected chi connectivity index (χ1v) is 3.70. The van der Waals surface area contributed by atoms with Gasteiger partial charge < -0.3 is 2.85 Å². The molecule has 0 saturated carbocycles. The van der Waals surface area contributed by atoms with Gasteiger partial charge in [-0.15, -0.1) is 23.2 Å². The molecule has 0 atom stereocenters. The molecule has 9 heavy (non-hydrogen) atoms. The summed E-state index contributed by atoms with van der Waals surface area (Å²) in [7, 11) is -4.67. The molecule has 0 aromatic carbocycles. The summed E-state index contributed by atoms with van der Waals surface area (Å²) in [4.78, 5) is 0. The Morgan fingerprint density at radius 2 is 1.33 bits per heavy atom. The van der Waals surface area contributed by atoms with E-state index >= 15 is 0 Å². The average Bonchev–Trinajstić information content (AvgIpc) is 1.27.